The molecule has 0 saturated carbocycles. The Morgan fingerprint density at radius 3 is 2.68 bits per heavy atom. The van der Waals surface area contributed by atoms with E-state index in [1.807, 2.05) is 0 Å². The zero-order valence-electron chi connectivity index (χ0n) is 17.3. The third-order valence-corrected chi connectivity index (χ3v) is 4.67. The van der Waals surface area contributed by atoms with Crippen LogP contribution in [0.2, 0.25) is 19.6 Å². The second-order valence-electron chi connectivity index (χ2n) is 9.00. The molecule has 0 spiro atoms. The van der Waals surface area contributed by atoms with Gasteiger partial charge in [0.1, 0.15) is 20.3 Å². The van der Waals surface area contributed by atoms with Crippen molar-refractivity contribution in [1.29, 1.82) is 0 Å². The maximum atomic E-state index is 14.0. The van der Waals surface area contributed by atoms with E-state index in [1.54, 1.807) is 33.0 Å². The van der Waals surface area contributed by atoms with E-state index in [0.717, 1.165) is 4.90 Å². The van der Waals surface area contributed by atoms with Gasteiger partial charge in [-0.2, -0.15) is 0 Å². The minimum absolute atomic E-state index is 0.0812. The van der Waals surface area contributed by atoms with Gasteiger partial charge in [-0.05, 0) is 26.8 Å². The van der Waals surface area contributed by atoms with Crippen molar-refractivity contribution in [3.63, 3.8) is 0 Å². The lowest BCUT2D eigenvalue weighted by molar-refractivity contribution is -0.00274. The van der Waals surface area contributed by atoms with Crippen LogP contribution in [0.4, 0.5) is 13.6 Å². The summed E-state index contributed by atoms with van der Waals surface area (Å²) in [7, 11) is -1.59. The fraction of sp³-hybridized carbons (Fsp3) is 0.600. The van der Waals surface area contributed by atoms with Crippen LogP contribution in [0.15, 0.2) is 18.5 Å². The normalized spacial score (nSPS) is 19.0. The Balaban J connectivity index is 2.14. The van der Waals surface area contributed by atoms with E-state index in [4.69, 9.17) is 9.47 Å². The van der Waals surface area contributed by atoms with Crippen molar-refractivity contribution >= 4 is 14.2 Å². The lowest BCUT2D eigenvalue weighted by Gasteiger charge is -2.28. The van der Waals surface area contributed by atoms with Gasteiger partial charge in [-0.25, -0.2) is 13.6 Å². The van der Waals surface area contributed by atoms with Crippen molar-refractivity contribution in [3.05, 3.63) is 24.0 Å². The average Bonchev–Trinajstić information content (AvgIpc) is 2.84. The van der Waals surface area contributed by atoms with Gasteiger partial charge in [0.15, 0.2) is 5.75 Å². The zero-order valence-corrected chi connectivity index (χ0v) is 18.3. The molecule has 8 heteroatoms. The van der Waals surface area contributed by atoms with E-state index in [2.05, 4.69) is 36.1 Å². The summed E-state index contributed by atoms with van der Waals surface area (Å²) in [5, 5.41) is 0. The molecule has 28 heavy (non-hydrogen) atoms. The van der Waals surface area contributed by atoms with Crippen LogP contribution in [0.3, 0.4) is 0 Å². The summed E-state index contributed by atoms with van der Waals surface area (Å²) in [6.07, 6.45) is 1.89. The van der Waals surface area contributed by atoms with Crippen LogP contribution in [0.25, 0.3) is 0 Å². The molecule has 0 aliphatic carbocycles. The van der Waals surface area contributed by atoms with Gasteiger partial charge < -0.3 is 9.47 Å². The standard InChI is InChI=1S/C20H28F2N2O3Si/c1-19(2,3)27-18(25)24-14-20(21,22)11-16(24)13-26-17-12-23-9-7-15(17)8-10-28(4,5)6/h7,9,12,16H,11,13-14H2,1-6H3/t16-/m0/s1. The SMILES string of the molecule is CC(C)(C)OC(=O)N1CC(F)(F)C[C@H]1COc1cnccc1C#C[Si](C)(C)C. The first-order chi connectivity index (χ1) is 12.8. The minimum atomic E-state index is -2.97. The number of rotatable bonds is 3. The van der Waals surface area contributed by atoms with Crippen molar-refractivity contribution in [2.45, 2.75) is 64.4 Å². The molecule has 1 aliphatic rings. The first kappa shape index (κ1) is 22.1. The minimum Gasteiger partial charge on any atom is -0.489 e. The Bertz CT molecular complexity index is 776. The van der Waals surface area contributed by atoms with Gasteiger partial charge in [0.05, 0.1) is 24.3 Å². The van der Waals surface area contributed by atoms with E-state index in [9.17, 15) is 13.6 Å². The molecule has 1 aliphatic heterocycles. The number of alkyl halides is 2. The molecular weight excluding hydrogens is 382 g/mol. The summed E-state index contributed by atoms with van der Waals surface area (Å²) in [6, 6.07) is 0.944. The monoisotopic (exact) mass is 410 g/mol. The van der Waals surface area contributed by atoms with Crippen LogP contribution < -0.4 is 4.74 Å². The fourth-order valence-corrected chi connectivity index (χ4v) is 3.13. The molecular formula is C20H28F2N2O3Si. The molecule has 1 atom stereocenters. The lowest BCUT2D eigenvalue weighted by Crippen LogP contribution is -2.42. The number of hydrogen-bond donors (Lipinski definition) is 0. The van der Waals surface area contributed by atoms with Crippen molar-refractivity contribution in [3.8, 4) is 17.2 Å². The summed E-state index contributed by atoms with van der Waals surface area (Å²) >= 11 is 0. The fourth-order valence-electron chi connectivity index (χ4n) is 2.62. The summed E-state index contributed by atoms with van der Waals surface area (Å²) < 4.78 is 38.9. The highest BCUT2D eigenvalue weighted by molar-refractivity contribution is 6.83. The number of nitrogens with zero attached hydrogens (tertiary/aromatic N) is 2. The number of amides is 1. The molecule has 0 unspecified atom stereocenters. The number of carbonyl (C=O) groups excluding carboxylic acids is 1. The maximum absolute atomic E-state index is 14.0. The number of pyridine rings is 1. The topological polar surface area (TPSA) is 51.7 Å². The quantitative estimate of drug-likeness (QED) is 0.550. The highest BCUT2D eigenvalue weighted by Gasteiger charge is 2.48. The summed E-state index contributed by atoms with van der Waals surface area (Å²) in [5.74, 6) is 0.555. The highest BCUT2D eigenvalue weighted by atomic mass is 28.3. The van der Waals surface area contributed by atoms with E-state index in [1.165, 1.54) is 6.20 Å². The summed E-state index contributed by atoms with van der Waals surface area (Å²) in [6.45, 7) is 10.7. The number of aromatic nitrogens is 1. The number of hydrogen-bond acceptors (Lipinski definition) is 4. The number of ether oxygens (including phenoxy) is 2. The summed E-state index contributed by atoms with van der Waals surface area (Å²) in [5.41, 5.74) is 3.15. The summed E-state index contributed by atoms with van der Waals surface area (Å²) in [4.78, 5) is 17.4. The predicted octanol–water partition coefficient (Wildman–Crippen LogP) is 4.33. The smallest absolute Gasteiger partial charge is 0.410 e. The van der Waals surface area contributed by atoms with Crippen LogP contribution in [-0.4, -0.2) is 54.8 Å². The molecule has 2 heterocycles. The van der Waals surface area contributed by atoms with Crippen molar-refractivity contribution < 1.29 is 23.0 Å². The molecule has 2 rings (SSSR count). The average molecular weight is 411 g/mol. The van der Waals surface area contributed by atoms with Gasteiger partial charge in [-0.15, -0.1) is 5.54 Å². The van der Waals surface area contributed by atoms with E-state index >= 15 is 0 Å². The van der Waals surface area contributed by atoms with Gasteiger partial charge in [0.2, 0.25) is 0 Å². The van der Waals surface area contributed by atoms with Gasteiger partial charge in [-0.3, -0.25) is 9.88 Å². The molecule has 154 valence electrons. The second-order valence-corrected chi connectivity index (χ2v) is 13.8. The van der Waals surface area contributed by atoms with E-state index in [0.29, 0.717) is 11.3 Å². The van der Waals surface area contributed by atoms with Crippen LogP contribution >= 0.6 is 0 Å². The first-order valence-electron chi connectivity index (χ1n) is 9.23. The van der Waals surface area contributed by atoms with Gasteiger partial charge >= 0.3 is 6.09 Å². The van der Waals surface area contributed by atoms with Crippen LogP contribution in [-0.2, 0) is 4.74 Å². The number of likely N-dealkylation sites (tertiary alicyclic amines) is 1. The molecule has 0 radical (unpaired) electrons. The Morgan fingerprint density at radius 1 is 1.39 bits per heavy atom. The third kappa shape index (κ3) is 6.79. The molecule has 1 amide bonds. The largest absolute Gasteiger partial charge is 0.489 e. The molecule has 1 aromatic rings. The van der Waals surface area contributed by atoms with E-state index in [-0.39, 0.29) is 6.61 Å². The molecule has 5 nitrogen and oxygen atoms in total. The Labute approximate surface area is 166 Å². The highest BCUT2D eigenvalue weighted by Crippen LogP contribution is 2.33. The van der Waals surface area contributed by atoms with Crippen LogP contribution in [0, 0.1) is 11.5 Å². The molecule has 1 aromatic heterocycles. The Kier molecular flexibility index (Phi) is 6.39. The second kappa shape index (κ2) is 8.07. The maximum Gasteiger partial charge on any atom is 0.410 e. The van der Waals surface area contributed by atoms with Crippen LogP contribution in [0.5, 0.6) is 5.75 Å². The molecule has 1 saturated heterocycles. The Morgan fingerprint density at radius 2 is 2.07 bits per heavy atom. The van der Waals surface area contributed by atoms with Crippen molar-refractivity contribution in [1.82, 2.24) is 9.88 Å². The predicted molar refractivity (Wildman–Crippen MR) is 106 cm³/mol. The van der Waals surface area contributed by atoms with Gasteiger partial charge in [0, 0.05) is 12.6 Å². The first-order valence-corrected chi connectivity index (χ1v) is 12.7. The Hall–Kier alpha value is -2.14. The third-order valence-electron chi connectivity index (χ3n) is 3.79. The van der Waals surface area contributed by atoms with Crippen molar-refractivity contribution in [2.24, 2.45) is 0 Å². The van der Waals surface area contributed by atoms with E-state index < -0.39 is 44.7 Å². The van der Waals surface area contributed by atoms with Crippen molar-refractivity contribution in [2.75, 3.05) is 13.2 Å². The number of carbonyl (C=O) groups is 1. The van der Waals surface area contributed by atoms with Gasteiger partial charge in [-0.1, -0.05) is 25.6 Å². The molecule has 0 N–H and O–H groups in total. The lowest BCUT2D eigenvalue weighted by atomic mass is 10.2. The van der Waals surface area contributed by atoms with Crippen LogP contribution in [0.1, 0.15) is 32.8 Å². The molecule has 0 bridgehead atoms. The number of halogens is 2. The van der Waals surface area contributed by atoms with Gasteiger partial charge in [0.25, 0.3) is 5.92 Å². The zero-order chi connectivity index (χ0) is 21.2. The molecule has 0 aromatic carbocycles. The molecule has 1 fully saturated rings.